The highest BCUT2D eigenvalue weighted by molar-refractivity contribution is 5.76. The van der Waals surface area contributed by atoms with Gasteiger partial charge in [0.2, 0.25) is 11.7 Å². The second-order valence-electron chi connectivity index (χ2n) is 8.96. The lowest BCUT2D eigenvalue weighted by Gasteiger charge is -2.37. The van der Waals surface area contributed by atoms with Crippen LogP contribution in [0.25, 0.3) is 0 Å². The van der Waals surface area contributed by atoms with Gasteiger partial charge >= 0.3 is 5.69 Å². The van der Waals surface area contributed by atoms with Gasteiger partial charge in [-0.25, -0.2) is 8.78 Å². The van der Waals surface area contributed by atoms with Gasteiger partial charge in [-0.1, -0.05) is 0 Å². The van der Waals surface area contributed by atoms with Gasteiger partial charge in [0.25, 0.3) is 0 Å². The average molecular weight is 505 g/mol. The number of carbonyl (C=O) groups is 1. The van der Waals surface area contributed by atoms with E-state index >= 15 is 0 Å². The van der Waals surface area contributed by atoms with Crippen molar-refractivity contribution < 1.29 is 28.0 Å². The van der Waals surface area contributed by atoms with E-state index in [0.29, 0.717) is 76.5 Å². The molecule has 0 N–H and O–H groups in total. The first-order valence-corrected chi connectivity index (χ1v) is 12.0. The molecule has 0 atom stereocenters. The molecule has 2 aromatic rings. The molecule has 2 fully saturated rings. The SMILES string of the molecule is COc1cc(OC2CCN(C(=O)CCN3CCN(c4ccc(F)cc4F)CC3)CC2)ccc1[N+](=O)[O-]. The number of anilines is 1. The summed E-state index contributed by atoms with van der Waals surface area (Å²) in [6.45, 7) is 4.46. The first-order chi connectivity index (χ1) is 17.3. The standard InChI is InChI=1S/C25H30F2N4O5/c1-35-24-17-20(3-5-23(24)31(33)34)36-19-6-10-30(11-7-19)25(32)8-9-28-12-14-29(15-13-28)22-4-2-18(26)16-21(22)27/h2-5,16-17,19H,6-15H2,1H3. The molecule has 2 aliphatic rings. The Morgan fingerprint density at radius 3 is 2.42 bits per heavy atom. The number of methoxy groups -OCH3 is 1. The Balaban J connectivity index is 1.18. The molecule has 4 rings (SSSR count). The summed E-state index contributed by atoms with van der Waals surface area (Å²) in [4.78, 5) is 29.2. The highest BCUT2D eigenvalue weighted by atomic mass is 19.1. The van der Waals surface area contributed by atoms with E-state index in [1.165, 1.54) is 31.4 Å². The first-order valence-electron chi connectivity index (χ1n) is 12.0. The molecule has 9 nitrogen and oxygen atoms in total. The molecule has 2 saturated heterocycles. The summed E-state index contributed by atoms with van der Waals surface area (Å²) in [6.07, 6.45) is 1.68. The van der Waals surface area contributed by atoms with Crippen LogP contribution in [-0.2, 0) is 4.79 Å². The number of amides is 1. The van der Waals surface area contributed by atoms with E-state index in [-0.39, 0.29) is 23.4 Å². The molecule has 11 heteroatoms. The molecule has 0 spiro atoms. The van der Waals surface area contributed by atoms with Gasteiger partial charge < -0.3 is 19.3 Å². The Labute approximate surface area is 208 Å². The molecule has 2 aromatic carbocycles. The maximum Gasteiger partial charge on any atom is 0.311 e. The second-order valence-corrected chi connectivity index (χ2v) is 8.96. The van der Waals surface area contributed by atoms with Crippen LogP contribution in [0.2, 0.25) is 0 Å². The quantitative estimate of drug-likeness (QED) is 0.402. The van der Waals surface area contributed by atoms with Gasteiger partial charge in [0, 0.05) is 83.3 Å². The number of nitrogens with zero attached hydrogens (tertiary/aromatic N) is 4. The summed E-state index contributed by atoms with van der Waals surface area (Å²) >= 11 is 0. The summed E-state index contributed by atoms with van der Waals surface area (Å²) in [6, 6.07) is 8.07. The minimum absolute atomic E-state index is 0.0832. The number of rotatable bonds is 8. The third-order valence-corrected chi connectivity index (χ3v) is 6.71. The molecule has 36 heavy (non-hydrogen) atoms. The Hall–Kier alpha value is -3.47. The molecule has 0 saturated carbocycles. The maximum atomic E-state index is 14.0. The van der Waals surface area contributed by atoms with Crippen molar-refractivity contribution in [3.63, 3.8) is 0 Å². The van der Waals surface area contributed by atoms with Crippen LogP contribution in [0, 0.1) is 21.7 Å². The zero-order chi connectivity index (χ0) is 25.7. The molecular formula is C25H30F2N4O5. The van der Waals surface area contributed by atoms with Crippen molar-refractivity contribution in [3.05, 3.63) is 58.1 Å². The minimum atomic E-state index is -0.587. The number of hydrogen-bond acceptors (Lipinski definition) is 7. The van der Waals surface area contributed by atoms with Gasteiger partial charge in [-0.2, -0.15) is 0 Å². The lowest BCUT2D eigenvalue weighted by Crippen LogP contribution is -2.48. The predicted molar refractivity (Wildman–Crippen MR) is 130 cm³/mol. The zero-order valence-corrected chi connectivity index (χ0v) is 20.2. The fourth-order valence-electron chi connectivity index (χ4n) is 4.66. The first kappa shape index (κ1) is 25.6. The van der Waals surface area contributed by atoms with Gasteiger partial charge in [-0.15, -0.1) is 0 Å². The van der Waals surface area contributed by atoms with Gasteiger partial charge in [0.05, 0.1) is 17.7 Å². The average Bonchev–Trinajstić information content (AvgIpc) is 2.88. The normalized spacial score (nSPS) is 17.2. The van der Waals surface area contributed by atoms with Gasteiger partial charge in [0.15, 0.2) is 0 Å². The number of likely N-dealkylation sites (tertiary alicyclic amines) is 1. The molecule has 2 heterocycles. The van der Waals surface area contributed by atoms with E-state index in [4.69, 9.17) is 9.47 Å². The van der Waals surface area contributed by atoms with Gasteiger partial charge in [-0.05, 0) is 18.2 Å². The number of hydrogen-bond donors (Lipinski definition) is 0. The Bertz CT molecular complexity index is 1090. The van der Waals surface area contributed by atoms with Crippen molar-refractivity contribution in [2.75, 3.05) is 57.8 Å². The summed E-state index contributed by atoms with van der Waals surface area (Å²) in [7, 11) is 1.38. The van der Waals surface area contributed by atoms with E-state index < -0.39 is 16.6 Å². The summed E-state index contributed by atoms with van der Waals surface area (Å²) in [5, 5.41) is 11.0. The molecule has 194 valence electrons. The van der Waals surface area contributed by atoms with Crippen molar-refractivity contribution in [2.45, 2.75) is 25.4 Å². The molecule has 0 unspecified atom stereocenters. The van der Waals surface area contributed by atoms with E-state index in [9.17, 15) is 23.7 Å². The third-order valence-electron chi connectivity index (χ3n) is 6.71. The predicted octanol–water partition coefficient (Wildman–Crippen LogP) is 3.46. The Morgan fingerprint density at radius 2 is 1.78 bits per heavy atom. The Kier molecular flexibility index (Phi) is 8.19. The molecular weight excluding hydrogens is 474 g/mol. The van der Waals surface area contributed by atoms with Crippen LogP contribution in [-0.4, -0.2) is 79.7 Å². The molecule has 0 aromatic heterocycles. The number of carbonyl (C=O) groups excluding carboxylic acids is 1. The number of nitro benzene ring substituents is 1. The van der Waals surface area contributed by atoms with E-state index in [2.05, 4.69) is 4.90 Å². The van der Waals surface area contributed by atoms with E-state index in [1.807, 2.05) is 9.80 Å². The summed E-state index contributed by atoms with van der Waals surface area (Å²) < 4.78 is 38.3. The number of nitro groups is 1. The molecule has 0 bridgehead atoms. The fourth-order valence-corrected chi connectivity index (χ4v) is 4.66. The lowest BCUT2D eigenvalue weighted by atomic mass is 10.1. The minimum Gasteiger partial charge on any atom is -0.490 e. The highest BCUT2D eigenvalue weighted by Crippen LogP contribution is 2.32. The van der Waals surface area contributed by atoms with Gasteiger partial charge in [-0.3, -0.25) is 19.8 Å². The van der Waals surface area contributed by atoms with Gasteiger partial charge in [0.1, 0.15) is 23.5 Å². The summed E-state index contributed by atoms with van der Waals surface area (Å²) in [5.74, 6) is -0.401. The van der Waals surface area contributed by atoms with Crippen molar-refractivity contribution >= 4 is 17.3 Å². The third kappa shape index (κ3) is 6.20. The second kappa shape index (κ2) is 11.5. The van der Waals surface area contributed by atoms with Crippen LogP contribution in [0.4, 0.5) is 20.2 Å². The highest BCUT2D eigenvalue weighted by Gasteiger charge is 2.26. The van der Waals surface area contributed by atoms with Crippen LogP contribution >= 0.6 is 0 Å². The van der Waals surface area contributed by atoms with Crippen LogP contribution < -0.4 is 14.4 Å². The topological polar surface area (TPSA) is 88.4 Å². The van der Waals surface area contributed by atoms with Crippen LogP contribution in [0.15, 0.2) is 36.4 Å². The Morgan fingerprint density at radius 1 is 1.06 bits per heavy atom. The molecule has 1 amide bonds. The van der Waals surface area contributed by atoms with Crippen molar-refractivity contribution in [1.82, 2.24) is 9.80 Å². The van der Waals surface area contributed by atoms with Crippen LogP contribution in [0.3, 0.4) is 0 Å². The van der Waals surface area contributed by atoms with E-state index in [1.54, 1.807) is 6.07 Å². The lowest BCUT2D eigenvalue weighted by molar-refractivity contribution is -0.385. The smallest absolute Gasteiger partial charge is 0.311 e. The van der Waals surface area contributed by atoms with E-state index in [0.717, 1.165) is 6.07 Å². The number of halogens is 2. The van der Waals surface area contributed by atoms with Crippen LogP contribution in [0.5, 0.6) is 11.5 Å². The van der Waals surface area contributed by atoms with Crippen molar-refractivity contribution in [2.24, 2.45) is 0 Å². The summed E-state index contributed by atoms with van der Waals surface area (Å²) in [5.41, 5.74) is 0.290. The number of benzene rings is 2. The van der Waals surface area contributed by atoms with Crippen molar-refractivity contribution in [1.29, 1.82) is 0 Å². The molecule has 0 radical (unpaired) electrons. The fraction of sp³-hybridized carbons (Fsp3) is 0.480. The maximum absolute atomic E-state index is 14.0. The molecule has 0 aliphatic carbocycles. The molecule has 2 aliphatic heterocycles. The zero-order valence-electron chi connectivity index (χ0n) is 20.2. The monoisotopic (exact) mass is 504 g/mol. The number of piperazine rings is 1. The number of piperidine rings is 1. The number of ether oxygens (including phenoxy) is 2. The van der Waals surface area contributed by atoms with Crippen LogP contribution in [0.1, 0.15) is 19.3 Å². The van der Waals surface area contributed by atoms with Crippen molar-refractivity contribution in [3.8, 4) is 11.5 Å². The largest absolute Gasteiger partial charge is 0.490 e.